The molecule has 3 rings (SSSR count). The van der Waals surface area contributed by atoms with E-state index in [-0.39, 0.29) is 0 Å². The van der Waals surface area contributed by atoms with Gasteiger partial charge in [-0.25, -0.2) is 9.97 Å². The Labute approximate surface area is 122 Å². The van der Waals surface area contributed by atoms with Crippen molar-refractivity contribution in [1.29, 1.82) is 0 Å². The molecule has 0 radical (unpaired) electrons. The molecule has 0 unspecified atom stereocenters. The molecule has 0 aromatic carbocycles. The molecule has 1 aliphatic rings. The molecule has 0 saturated carbocycles. The third-order valence-electron chi connectivity index (χ3n) is 2.85. The van der Waals surface area contributed by atoms with Gasteiger partial charge in [0.05, 0.1) is 23.8 Å². The Balaban J connectivity index is 2.10. The number of aryl methyl sites for hydroxylation is 1. The van der Waals surface area contributed by atoms with E-state index >= 15 is 0 Å². The molecule has 2 aromatic rings. The highest BCUT2D eigenvalue weighted by atomic mass is 79.9. The maximum absolute atomic E-state index is 6.21. The topological polar surface area (TPSA) is 35.0 Å². The molecule has 0 atom stereocenters. The lowest BCUT2D eigenvalue weighted by Gasteiger charge is -2.16. The minimum Gasteiger partial charge on any atom is -0.376 e. The summed E-state index contributed by atoms with van der Waals surface area (Å²) in [7, 11) is 0. The van der Waals surface area contributed by atoms with Gasteiger partial charge in [0.1, 0.15) is 5.15 Å². The Morgan fingerprint density at radius 3 is 3.00 bits per heavy atom. The quantitative estimate of drug-likeness (QED) is 0.733. The van der Waals surface area contributed by atoms with E-state index in [1.165, 1.54) is 4.88 Å². The molecule has 0 fully saturated rings. The van der Waals surface area contributed by atoms with Crippen LogP contribution in [0.5, 0.6) is 0 Å². The number of hydrogen-bond donors (Lipinski definition) is 0. The van der Waals surface area contributed by atoms with Crippen LogP contribution in [0.25, 0.3) is 10.7 Å². The Bertz CT molecular complexity index is 595. The highest BCUT2D eigenvalue weighted by Crippen LogP contribution is 2.34. The van der Waals surface area contributed by atoms with Crippen LogP contribution in [0.15, 0.2) is 10.5 Å². The van der Waals surface area contributed by atoms with Gasteiger partial charge in [-0.15, -0.1) is 11.3 Å². The van der Waals surface area contributed by atoms with Gasteiger partial charge in [-0.3, -0.25) is 0 Å². The van der Waals surface area contributed by atoms with Crippen molar-refractivity contribution in [3.05, 3.63) is 31.8 Å². The van der Waals surface area contributed by atoms with Crippen LogP contribution >= 0.6 is 38.9 Å². The van der Waals surface area contributed by atoms with Crippen molar-refractivity contribution in [2.45, 2.75) is 20.0 Å². The fourth-order valence-electron chi connectivity index (χ4n) is 1.87. The van der Waals surface area contributed by atoms with Crippen molar-refractivity contribution in [3.63, 3.8) is 0 Å². The van der Waals surface area contributed by atoms with Gasteiger partial charge in [0.15, 0.2) is 5.82 Å². The number of thiophene rings is 1. The van der Waals surface area contributed by atoms with Crippen molar-refractivity contribution < 1.29 is 4.74 Å². The highest BCUT2D eigenvalue weighted by molar-refractivity contribution is 9.10. The molecular weight excluding hydrogens is 336 g/mol. The Morgan fingerprint density at radius 1 is 1.44 bits per heavy atom. The first-order chi connectivity index (χ1) is 8.65. The van der Waals surface area contributed by atoms with Crippen LogP contribution in [0.2, 0.25) is 5.15 Å². The van der Waals surface area contributed by atoms with Crippen molar-refractivity contribution in [1.82, 2.24) is 9.97 Å². The summed E-state index contributed by atoms with van der Waals surface area (Å²) in [5, 5.41) is 0.511. The van der Waals surface area contributed by atoms with E-state index in [0.717, 1.165) is 27.0 Å². The molecule has 0 aliphatic carbocycles. The van der Waals surface area contributed by atoms with Crippen LogP contribution in [0.4, 0.5) is 0 Å². The lowest BCUT2D eigenvalue weighted by atomic mass is 10.1. The maximum Gasteiger partial charge on any atom is 0.171 e. The van der Waals surface area contributed by atoms with Crippen LogP contribution in [0.1, 0.15) is 16.1 Å². The summed E-state index contributed by atoms with van der Waals surface area (Å²) in [6, 6.07) is 2.04. The normalized spacial score (nSPS) is 14.6. The van der Waals surface area contributed by atoms with Gasteiger partial charge >= 0.3 is 0 Å². The first-order valence-corrected chi connectivity index (χ1v) is 7.53. The summed E-state index contributed by atoms with van der Waals surface area (Å²) < 4.78 is 6.46. The molecule has 6 heteroatoms. The van der Waals surface area contributed by atoms with Gasteiger partial charge in [-0.05, 0) is 28.9 Å². The predicted molar refractivity (Wildman–Crippen MR) is 76.2 cm³/mol. The largest absolute Gasteiger partial charge is 0.376 e. The van der Waals surface area contributed by atoms with Gasteiger partial charge in [0.25, 0.3) is 0 Å². The van der Waals surface area contributed by atoms with Gasteiger partial charge < -0.3 is 4.74 Å². The third-order valence-corrected chi connectivity index (χ3v) is 5.29. The zero-order valence-corrected chi connectivity index (χ0v) is 12.8. The smallest absolute Gasteiger partial charge is 0.171 e. The van der Waals surface area contributed by atoms with E-state index in [1.54, 1.807) is 11.3 Å². The van der Waals surface area contributed by atoms with E-state index in [2.05, 4.69) is 32.8 Å². The molecule has 0 bridgehead atoms. The predicted octanol–water partition coefficient (Wildman–Crippen LogP) is 4.00. The number of aromatic nitrogens is 2. The van der Waals surface area contributed by atoms with E-state index in [9.17, 15) is 0 Å². The average Bonchev–Trinajstić information content (AvgIpc) is 2.70. The minimum absolute atomic E-state index is 0.511. The first kappa shape index (κ1) is 12.5. The zero-order valence-electron chi connectivity index (χ0n) is 9.67. The number of ether oxygens (including phenoxy) is 1. The molecule has 0 saturated heterocycles. The summed E-state index contributed by atoms with van der Waals surface area (Å²) in [5.74, 6) is 0.708. The number of halogens is 2. The zero-order chi connectivity index (χ0) is 12.7. The monoisotopic (exact) mass is 344 g/mol. The number of fused-ring (bicyclic) bond motifs is 1. The fraction of sp³-hybridized carbons (Fsp3) is 0.333. The SMILES string of the molecule is Cc1sc(-c2nc(Cl)c3c(n2)CCOC3)cc1Br. The maximum atomic E-state index is 6.21. The van der Waals surface area contributed by atoms with Crippen molar-refractivity contribution in [3.8, 4) is 10.7 Å². The van der Waals surface area contributed by atoms with Gasteiger partial charge in [0.2, 0.25) is 0 Å². The van der Waals surface area contributed by atoms with Gasteiger partial charge in [-0.1, -0.05) is 11.6 Å². The van der Waals surface area contributed by atoms with Crippen molar-refractivity contribution in [2.24, 2.45) is 0 Å². The standard InChI is InChI=1S/C12H10BrClN2OS/c1-6-8(13)4-10(18-6)12-15-9-2-3-17-5-7(9)11(14)16-12/h4H,2-3,5H2,1H3. The average molecular weight is 346 g/mol. The van der Waals surface area contributed by atoms with Crippen LogP contribution in [0.3, 0.4) is 0 Å². The third kappa shape index (κ3) is 2.20. The fourth-order valence-corrected chi connectivity index (χ4v) is 3.59. The summed E-state index contributed by atoms with van der Waals surface area (Å²) in [5.41, 5.74) is 1.94. The molecule has 2 aromatic heterocycles. The molecule has 1 aliphatic heterocycles. The van der Waals surface area contributed by atoms with Crippen LogP contribution in [0, 0.1) is 6.92 Å². The number of rotatable bonds is 1. The van der Waals surface area contributed by atoms with Crippen LogP contribution in [-0.2, 0) is 17.8 Å². The molecule has 94 valence electrons. The van der Waals surface area contributed by atoms with Crippen LogP contribution < -0.4 is 0 Å². The summed E-state index contributed by atoms with van der Waals surface area (Å²) >= 11 is 11.4. The second-order valence-corrected chi connectivity index (χ2v) is 6.55. The van der Waals surface area contributed by atoms with Gasteiger partial charge in [-0.2, -0.15) is 0 Å². The summed E-state index contributed by atoms with van der Waals surface area (Å²) in [4.78, 5) is 11.2. The number of hydrogen-bond acceptors (Lipinski definition) is 4. The number of nitrogens with zero attached hydrogens (tertiary/aromatic N) is 2. The van der Waals surface area contributed by atoms with Crippen LogP contribution in [-0.4, -0.2) is 16.6 Å². The Hall–Kier alpha value is -0.490. The van der Waals surface area contributed by atoms with Gasteiger partial charge in [0, 0.05) is 21.3 Å². The first-order valence-electron chi connectivity index (χ1n) is 5.54. The van der Waals surface area contributed by atoms with E-state index in [0.29, 0.717) is 24.2 Å². The van der Waals surface area contributed by atoms with E-state index < -0.39 is 0 Å². The molecule has 0 N–H and O–H groups in total. The molecule has 0 amide bonds. The summed E-state index contributed by atoms with van der Waals surface area (Å²) in [6.45, 7) is 3.28. The molecule has 3 heterocycles. The lowest BCUT2D eigenvalue weighted by Crippen LogP contribution is -2.13. The summed E-state index contributed by atoms with van der Waals surface area (Å²) in [6.07, 6.45) is 0.802. The second kappa shape index (κ2) is 4.89. The minimum atomic E-state index is 0.511. The Morgan fingerprint density at radius 2 is 2.28 bits per heavy atom. The van der Waals surface area contributed by atoms with E-state index in [4.69, 9.17) is 16.3 Å². The molecule has 0 spiro atoms. The molecule has 3 nitrogen and oxygen atoms in total. The molecular formula is C12H10BrClN2OS. The molecule has 18 heavy (non-hydrogen) atoms. The second-order valence-electron chi connectivity index (χ2n) is 4.08. The van der Waals surface area contributed by atoms with E-state index in [1.807, 2.05) is 6.07 Å². The highest BCUT2D eigenvalue weighted by Gasteiger charge is 2.18. The van der Waals surface area contributed by atoms with Crippen molar-refractivity contribution >= 4 is 38.9 Å². The Kier molecular flexibility index (Phi) is 3.40. The lowest BCUT2D eigenvalue weighted by molar-refractivity contribution is 0.109. The van der Waals surface area contributed by atoms with Crippen molar-refractivity contribution in [2.75, 3.05) is 6.61 Å².